The zero-order valence-electron chi connectivity index (χ0n) is 16.5. The fraction of sp³-hybridized carbons (Fsp3) is 0.273. The number of hydrazine groups is 1. The summed E-state index contributed by atoms with van der Waals surface area (Å²) in [6.45, 7) is 3.63. The van der Waals surface area contributed by atoms with Crippen molar-refractivity contribution in [3.63, 3.8) is 0 Å². The first-order valence-corrected chi connectivity index (χ1v) is 11.6. The van der Waals surface area contributed by atoms with Crippen molar-refractivity contribution < 1.29 is 4.79 Å². The summed E-state index contributed by atoms with van der Waals surface area (Å²) in [4.78, 5) is 13.1. The SMILES string of the molecule is Cc1c(C(=O)NN2CCCCC2)nn(-c2cccc(Cl)c2Cl)c1-c1ccc(I)cc1. The van der Waals surface area contributed by atoms with Gasteiger partial charge in [-0.3, -0.25) is 10.2 Å². The van der Waals surface area contributed by atoms with E-state index in [1.807, 2.05) is 48.3 Å². The highest BCUT2D eigenvalue weighted by atomic mass is 127. The minimum Gasteiger partial charge on any atom is -0.283 e. The van der Waals surface area contributed by atoms with Gasteiger partial charge < -0.3 is 0 Å². The van der Waals surface area contributed by atoms with E-state index in [-0.39, 0.29) is 5.91 Å². The Labute approximate surface area is 199 Å². The first-order chi connectivity index (χ1) is 14.5. The van der Waals surface area contributed by atoms with Gasteiger partial charge in [0.1, 0.15) is 0 Å². The van der Waals surface area contributed by atoms with E-state index in [4.69, 9.17) is 23.2 Å². The van der Waals surface area contributed by atoms with E-state index >= 15 is 0 Å². The van der Waals surface area contributed by atoms with E-state index in [2.05, 4.69) is 33.1 Å². The van der Waals surface area contributed by atoms with Gasteiger partial charge in [-0.25, -0.2) is 9.69 Å². The lowest BCUT2D eigenvalue weighted by Gasteiger charge is -2.26. The molecule has 8 heteroatoms. The average molecular weight is 555 g/mol. The Morgan fingerprint density at radius 3 is 2.47 bits per heavy atom. The van der Waals surface area contributed by atoms with Crippen molar-refractivity contribution in [3.8, 4) is 16.9 Å². The lowest BCUT2D eigenvalue weighted by molar-refractivity contribution is 0.0743. The molecule has 3 aromatic rings. The number of halogens is 3. The van der Waals surface area contributed by atoms with Gasteiger partial charge in [0.2, 0.25) is 0 Å². The second-order valence-corrected chi connectivity index (χ2v) is 9.33. The zero-order chi connectivity index (χ0) is 21.3. The molecule has 0 unspecified atom stereocenters. The van der Waals surface area contributed by atoms with Crippen LogP contribution in [0.1, 0.15) is 35.3 Å². The van der Waals surface area contributed by atoms with Crippen molar-refractivity contribution in [3.05, 3.63) is 67.3 Å². The maximum Gasteiger partial charge on any atom is 0.286 e. The van der Waals surface area contributed by atoms with Gasteiger partial charge in [0.15, 0.2) is 5.69 Å². The third-order valence-electron chi connectivity index (χ3n) is 5.23. The van der Waals surface area contributed by atoms with E-state index in [0.717, 1.165) is 46.3 Å². The second kappa shape index (κ2) is 9.26. The monoisotopic (exact) mass is 554 g/mol. The molecule has 2 heterocycles. The number of nitrogens with zero attached hydrogens (tertiary/aromatic N) is 3. The van der Waals surface area contributed by atoms with E-state index < -0.39 is 0 Å². The fourth-order valence-corrected chi connectivity index (χ4v) is 4.43. The molecular weight excluding hydrogens is 534 g/mol. The number of amides is 1. The van der Waals surface area contributed by atoms with E-state index in [1.54, 1.807) is 10.7 Å². The molecule has 1 amide bonds. The lowest BCUT2D eigenvalue weighted by atomic mass is 10.1. The molecule has 4 rings (SSSR count). The maximum absolute atomic E-state index is 13.1. The Kier molecular flexibility index (Phi) is 6.67. The Morgan fingerprint density at radius 1 is 1.07 bits per heavy atom. The number of piperidine rings is 1. The summed E-state index contributed by atoms with van der Waals surface area (Å²) < 4.78 is 2.85. The minimum atomic E-state index is -0.210. The van der Waals surface area contributed by atoms with Crippen LogP contribution in [0.2, 0.25) is 10.0 Å². The molecule has 30 heavy (non-hydrogen) atoms. The molecule has 0 bridgehead atoms. The standard InChI is InChI=1S/C22H21Cl2IN4O/c1-14-20(22(30)27-28-12-3-2-4-13-28)26-29(18-7-5-6-17(23)19(18)24)21(14)15-8-10-16(25)11-9-15/h5-11H,2-4,12-13H2,1H3,(H,27,30). The van der Waals surface area contributed by atoms with E-state index in [9.17, 15) is 4.79 Å². The number of nitrogens with one attached hydrogen (secondary N) is 1. The molecule has 1 N–H and O–H groups in total. The number of hydrogen-bond donors (Lipinski definition) is 1. The van der Waals surface area contributed by atoms with Crippen LogP contribution < -0.4 is 5.43 Å². The zero-order valence-corrected chi connectivity index (χ0v) is 20.1. The quantitative estimate of drug-likeness (QED) is 0.409. The van der Waals surface area contributed by atoms with Crippen molar-refractivity contribution in [2.45, 2.75) is 26.2 Å². The van der Waals surface area contributed by atoms with Crippen LogP contribution >= 0.6 is 45.8 Å². The van der Waals surface area contributed by atoms with Gasteiger partial charge in [-0.2, -0.15) is 5.10 Å². The summed E-state index contributed by atoms with van der Waals surface area (Å²) in [6.07, 6.45) is 3.36. The van der Waals surface area contributed by atoms with Crippen molar-refractivity contribution in [2.75, 3.05) is 13.1 Å². The molecule has 1 fully saturated rings. The summed E-state index contributed by atoms with van der Waals surface area (Å²) in [5.74, 6) is -0.210. The third-order valence-corrected chi connectivity index (χ3v) is 6.76. The largest absolute Gasteiger partial charge is 0.286 e. The molecule has 1 aromatic heterocycles. The molecule has 2 aromatic carbocycles. The Bertz CT molecular complexity index is 1080. The highest BCUT2D eigenvalue weighted by Crippen LogP contribution is 2.34. The maximum atomic E-state index is 13.1. The molecule has 1 saturated heterocycles. The topological polar surface area (TPSA) is 50.2 Å². The third kappa shape index (κ3) is 4.37. The number of hydrogen-bond acceptors (Lipinski definition) is 3. The van der Waals surface area contributed by atoms with Crippen LogP contribution in [0.3, 0.4) is 0 Å². The Morgan fingerprint density at radius 2 is 1.77 bits per heavy atom. The molecule has 0 radical (unpaired) electrons. The summed E-state index contributed by atoms with van der Waals surface area (Å²) >= 11 is 15.0. The number of carbonyl (C=O) groups excluding carboxylic acids is 1. The second-order valence-electron chi connectivity index (χ2n) is 7.30. The van der Waals surface area contributed by atoms with Crippen molar-refractivity contribution >= 4 is 51.7 Å². The smallest absolute Gasteiger partial charge is 0.283 e. The molecule has 0 saturated carbocycles. The molecular formula is C22H21Cl2IN4O. The van der Waals surface area contributed by atoms with Gasteiger partial charge in [-0.15, -0.1) is 0 Å². The van der Waals surface area contributed by atoms with Gasteiger partial charge in [-0.05, 0) is 66.6 Å². The number of rotatable bonds is 4. The Balaban J connectivity index is 1.81. The minimum absolute atomic E-state index is 0.210. The molecule has 0 atom stereocenters. The van der Waals surface area contributed by atoms with Crippen LogP contribution in [-0.4, -0.2) is 33.8 Å². The summed E-state index contributed by atoms with van der Waals surface area (Å²) in [7, 11) is 0. The summed E-state index contributed by atoms with van der Waals surface area (Å²) in [6, 6.07) is 13.5. The van der Waals surface area contributed by atoms with Crippen LogP contribution in [0.4, 0.5) is 0 Å². The molecule has 5 nitrogen and oxygen atoms in total. The first kappa shape index (κ1) is 21.6. The van der Waals surface area contributed by atoms with Crippen LogP contribution in [0.5, 0.6) is 0 Å². The van der Waals surface area contributed by atoms with Gasteiger partial charge in [0.25, 0.3) is 5.91 Å². The predicted molar refractivity (Wildman–Crippen MR) is 129 cm³/mol. The number of aromatic nitrogens is 2. The average Bonchev–Trinajstić information content (AvgIpc) is 3.08. The molecule has 1 aliphatic heterocycles. The van der Waals surface area contributed by atoms with Gasteiger partial charge >= 0.3 is 0 Å². The Hall–Kier alpha value is -1.61. The lowest BCUT2D eigenvalue weighted by Crippen LogP contribution is -2.45. The highest BCUT2D eigenvalue weighted by molar-refractivity contribution is 14.1. The van der Waals surface area contributed by atoms with Crippen molar-refractivity contribution in [1.29, 1.82) is 0 Å². The normalized spacial score (nSPS) is 14.7. The molecule has 0 aliphatic carbocycles. The summed E-state index contributed by atoms with van der Waals surface area (Å²) in [5, 5.41) is 7.49. The van der Waals surface area contributed by atoms with Crippen LogP contribution in [0.25, 0.3) is 16.9 Å². The van der Waals surface area contributed by atoms with Crippen molar-refractivity contribution in [2.24, 2.45) is 0 Å². The highest BCUT2D eigenvalue weighted by Gasteiger charge is 2.25. The van der Waals surface area contributed by atoms with Crippen LogP contribution in [0, 0.1) is 10.5 Å². The van der Waals surface area contributed by atoms with Gasteiger partial charge in [0, 0.05) is 27.8 Å². The van der Waals surface area contributed by atoms with Crippen molar-refractivity contribution in [1.82, 2.24) is 20.2 Å². The summed E-state index contributed by atoms with van der Waals surface area (Å²) in [5.41, 5.74) is 6.59. The number of benzene rings is 2. The number of carbonyl (C=O) groups is 1. The molecule has 1 aliphatic rings. The van der Waals surface area contributed by atoms with E-state index in [1.165, 1.54) is 6.42 Å². The van der Waals surface area contributed by atoms with Gasteiger partial charge in [-0.1, -0.05) is 47.8 Å². The van der Waals surface area contributed by atoms with Crippen LogP contribution in [-0.2, 0) is 0 Å². The fourth-order valence-electron chi connectivity index (χ4n) is 3.69. The molecule has 156 valence electrons. The predicted octanol–water partition coefficient (Wildman–Crippen LogP) is 5.89. The van der Waals surface area contributed by atoms with Crippen LogP contribution in [0.15, 0.2) is 42.5 Å². The first-order valence-electron chi connectivity index (χ1n) is 9.81. The molecule has 0 spiro atoms. The van der Waals surface area contributed by atoms with E-state index in [0.29, 0.717) is 21.4 Å². The van der Waals surface area contributed by atoms with Gasteiger partial charge in [0.05, 0.1) is 21.4 Å².